The van der Waals surface area contributed by atoms with Gasteiger partial charge in [0.15, 0.2) is 0 Å². The SMILES string of the molecule is CCCNC(C)c1ccc(N(C)C2CCCN(C)C2)nc1. The fraction of sp³-hybridized carbons (Fsp3) is 0.706. The molecule has 2 rings (SSSR count). The molecule has 2 unspecified atom stereocenters. The van der Waals surface area contributed by atoms with Gasteiger partial charge in [0, 0.05) is 31.9 Å². The van der Waals surface area contributed by atoms with Crippen LogP contribution in [-0.2, 0) is 0 Å². The smallest absolute Gasteiger partial charge is 0.128 e. The molecule has 4 nitrogen and oxygen atoms in total. The summed E-state index contributed by atoms with van der Waals surface area (Å²) in [4.78, 5) is 9.42. The van der Waals surface area contributed by atoms with Gasteiger partial charge in [0.25, 0.3) is 0 Å². The Morgan fingerprint density at radius 1 is 1.48 bits per heavy atom. The van der Waals surface area contributed by atoms with Gasteiger partial charge >= 0.3 is 0 Å². The molecular formula is C17H30N4. The van der Waals surface area contributed by atoms with Crippen molar-refractivity contribution < 1.29 is 0 Å². The second-order valence-corrected chi connectivity index (χ2v) is 6.29. The summed E-state index contributed by atoms with van der Waals surface area (Å²) in [6, 6.07) is 5.32. The molecule has 0 amide bonds. The fourth-order valence-electron chi connectivity index (χ4n) is 2.98. The predicted octanol–water partition coefficient (Wildman–Crippen LogP) is 2.67. The molecule has 0 aliphatic carbocycles. The van der Waals surface area contributed by atoms with Gasteiger partial charge in [-0.05, 0) is 58.0 Å². The maximum Gasteiger partial charge on any atom is 0.128 e. The largest absolute Gasteiger partial charge is 0.355 e. The van der Waals surface area contributed by atoms with E-state index in [-0.39, 0.29) is 0 Å². The van der Waals surface area contributed by atoms with Gasteiger partial charge in [-0.3, -0.25) is 0 Å². The highest BCUT2D eigenvalue weighted by atomic mass is 15.2. The zero-order chi connectivity index (χ0) is 15.2. The van der Waals surface area contributed by atoms with Crippen LogP contribution in [0.25, 0.3) is 0 Å². The van der Waals surface area contributed by atoms with Crippen LogP contribution in [0.15, 0.2) is 18.3 Å². The average Bonchev–Trinajstić information content (AvgIpc) is 2.52. The van der Waals surface area contributed by atoms with Crippen LogP contribution >= 0.6 is 0 Å². The number of aromatic nitrogens is 1. The number of nitrogens with zero attached hydrogens (tertiary/aromatic N) is 3. The number of nitrogens with one attached hydrogen (secondary N) is 1. The Hall–Kier alpha value is -1.13. The lowest BCUT2D eigenvalue weighted by atomic mass is 10.0. The molecule has 1 N–H and O–H groups in total. The van der Waals surface area contributed by atoms with Crippen molar-refractivity contribution in [2.75, 3.05) is 38.6 Å². The number of likely N-dealkylation sites (tertiary alicyclic amines) is 1. The van der Waals surface area contributed by atoms with Crippen LogP contribution in [0.4, 0.5) is 5.82 Å². The standard InChI is InChI=1S/C17H30N4/c1-5-10-18-14(2)15-8-9-17(19-12-15)21(4)16-7-6-11-20(3)13-16/h8-9,12,14,16,18H,5-7,10-11,13H2,1-4H3. The summed E-state index contributed by atoms with van der Waals surface area (Å²) in [5, 5.41) is 3.51. The fourth-order valence-corrected chi connectivity index (χ4v) is 2.98. The highest BCUT2D eigenvalue weighted by Gasteiger charge is 2.22. The van der Waals surface area contributed by atoms with Crippen LogP contribution in [0.1, 0.15) is 44.7 Å². The molecular weight excluding hydrogens is 260 g/mol. The maximum atomic E-state index is 4.68. The maximum absolute atomic E-state index is 4.68. The third-order valence-corrected chi connectivity index (χ3v) is 4.48. The van der Waals surface area contributed by atoms with Crippen molar-refractivity contribution in [2.45, 2.75) is 45.2 Å². The number of anilines is 1. The van der Waals surface area contributed by atoms with Gasteiger partial charge in [-0.2, -0.15) is 0 Å². The minimum Gasteiger partial charge on any atom is -0.355 e. The molecule has 1 fully saturated rings. The Kier molecular flexibility index (Phi) is 6.00. The van der Waals surface area contributed by atoms with E-state index in [2.05, 4.69) is 60.2 Å². The molecule has 0 saturated carbocycles. The summed E-state index contributed by atoms with van der Waals surface area (Å²) in [5.41, 5.74) is 1.27. The first kappa shape index (κ1) is 16.2. The number of hydrogen-bond acceptors (Lipinski definition) is 4. The third-order valence-electron chi connectivity index (χ3n) is 4.48. The zero-order valence-corrected chi connectivity index (χ0v) is 14.0. The summed E-state index contributed by atoms with van der Waals surface area (Å²) < 4.78 is 0. The Morgan fingerprint density at radius 3 is 2.90 bits per heavy atom. The highest BCUT2D eigenvalue weighted by molar-refractivity contribution is 5.40. The zero-order valence-electron chi connectivity index (χ0n) is 14.0. The number of piperidine rings is 1. The highest BCUT2D eigenvalue weighted by Crippen LogP contribution is 2.20. The van der Waals surface area contributed by atoms with Crippen LogP contribution in [0.5, 0.6) is 0 Å². The number of likely N-dealkylation sites (N-methyl/N-ethyl adjacent to an activating group) is 2. The van der Waals surface area contributed by atoms with Crippen molar-refractivity contribution in [1.82, 2.24) is 15.2 Å². The van der Waals surface area contributed by atoms with E-state index in [1.807, 2.05) is 6.20 Å². The molecule has 118 valence electrons. The van der Waals surface area contributed by atoms with Crippen LogP contribution in [0.2, 0.25) is 0 Å². The molecule has 1 aliphatic heterocycles. The van der Waals surface area contributed by atoms with Crippen molar-refractivity contribution in [3.8, 4) is 0 Å². The van der Waals surface area contributed by atoms with E-state index in [4.69, 9.17) is 0 Å². The van der Waals surface area contributed by atoms with Gasteiger partial charge in [0.2, 0.25) is 0 Å². The van der Waals surface area contributed by atoms with E-state index in [1.165, 1.54) is 24.9 Å². The lowest BCUT2D eigenvalue weighted by Crippen LogP contribution is -2.45. The molecule has 0 radical (unpaired) electrons. The Labute approximate surface area is 129 Å². The molecule has 2 atom stereocenters. The number of hydrogen-bond donors (Lipinski definition) is 1. The van der Waals surface area contributed by atoms with E-state index < -0.39 is 0 Å². The first-order valence-corrected chi connectivity index (χ1v) is 8.22. The Morgan fingerprint density at radius 2 is 2.29 bits per heavy atom. The van der Waals surface area contributed by atoms with Crippen LogP contribution < -0.4 is 10.2 Å². The summed E-state index contributed by atoms with van der Waals surface area (Å²) in [5.74, 6) is 1.08. The minimum absolute atomic E-state index is 0.373. The molecule has 4 heteroatoms. The van der Waals surface area contributed by atoms with E-state index >= 15 is 0 Å². The van der Waals surface area contributed by atoms with Crippen molar-refractivity contribution in [3.63, 3.8) is 0 Å². The number of pyridine rings is 1. The lowest BCUT2D eigenvalue weighted by molar-refractivity contribution is 0.247. The third kappa shape index (κ3) is 4.42. The molecule has 1 aliphatic rings. The molecule has 1 saturated heterocycles. The predicted molar refractivity (Wildman–Crippen MR) is 89.9 cm³/mol. The van der Waals surface area contributed by atoms with Crippen molar-refractivity contribution in [2.24, 2.45) is 0 Å². The molecule has 1 aromatic rings. The normalized spacial score (nSPS) is 21.2. The monoisotopic (exact) mass is 290 g/mol. The lowest BCUT2D eigenvalue weighted by Gasteiger charge is -2.36. The number of rotatable bonds is 6. The first-order chi connectivity index (χ1) is 10.1. The van der Waals surface area contributed by atoms with Crippen LogP contribution in [0.3, 0.4) is 0 Å². The average molecular weight is 290 g/mol. The Balaban J connectivity index is 1.97. The van der Waals surface area contributed by atoms with Gasteiger partial charge in [0.05, 0.1) is 0 Å². The van der Waals surface area contributed by atoms with Crippen LogP contribution in [0, 0.1) is 0 Å². The van der Waals surface area contributed by atoms with Crippen molar-refractivity contribution in [3.05, 3.63) is 23.9 Å². The van der Waals surface area contributed by atoms with Crippen molar-refractivity contribution >= 4 is 5.82 Å². The van der Waals surface area contributed by atoms with E-state index in [0.29, 0.717) is 12.1 Å². The quantitative estimate of drug-likeness (QED) is 0.873. The summed E-state index contributed by atoms with van der Waals surface area (Å²) in [6.45, 7) is 7.80. The molecule has 2 heterocycles. The summed E-state index contributed by atoms with van der Waals surface area (Å²) >= 11 is 0. The summed E-state index contributed by atoms with van der Waals surface area (Å²) in [6.07, 6.45) is 5.72. The van der Waals surface area contributed by atoms with Gasteiger partial charge in [-0.1, -0.05) is 13.0 Å². The second-order valence-electron chi connectivity index (χ2n) is 6.29. The van der Waals surface area contributed by atoms with Gasteiger partial charge < -0.3 is 15.1 Å². The molecule has 0 bridgehead atoms. The minimum atomic E-state index is 0.373. The first-order valence-electron chi connectivity index (χ1n) is 8.22. The molecule has 21 heavy (non-hydrogen) atoms. The van der Waals surface area contributed by atoms with E-state index in [9.17, 15) is 0 Å². The topological polar surface area (TPSA) is 31.4 Å². The van der Waals surface area contributed by atoms with Crippen LogP contribution in [-0.4, -0.2) is 49.7 Å². The van der Waals surface area contributed by atoms with Gasteiger partial charge in [0.1, 0.15) is 5.82 Å². The summed E-state index contributed by atoms with van der Waals surface area (Å²) in [7, 11) is 4.38. The van der Waals surface area contributed by atoms with E-state index in [0.717, 1.165) is 25.3 Å². The molecule has 0 spiro atoms. The van der Waals surface area contributed by atoms with Gasteiger partial charge in [-0.15, -0.1) is 0 Å². The van der Waals surface area contributed by atoms with E-state index in [1.54, 1.807) is 0 Å². The van der Waals surface area contributed by atoms with Crippen molar-refractivity contribution in [1.29, 1.82) is 0 Å². The Bertz CT molecular complexity index is 417. The molecule has 0 aromatic carbocycles. The van der Waals surface area contributed by atoms with Gasteiger partial charge in [-0.25, -0.2) is 4.98 Å². The molecule has 1 aromatic heterocycles. The second kappa shape index (κ2) is 7.76.